The number of carbonyl (C=O) groups is 3. The maximum atomic E-state index is 12.8. The van der Waals surface area contributed by atoms with Gasteiger partial charge in [0.05, 0.1) is 0 Å². The summed E-state index contributed by atoms with van der Waals surface area (Å²) in [4.78, 5) is 38.1. The van der Waals surface area contributed by atoms with Gasteiger partial charge < -0.3 is 14.2 Å². The van der Waals surface area contributed by atoms with E-state index in [0.29, 0.717) is 19.3 Å². The second-order valence-corrected chi connectivity index (χ2v) is 18.8. The van der Waals surface area contributed by atoms with Crippen LogP contribution in [0.2, 0.25) is 0 Å². The van der Waals surface area contributed by atoms with E-state index < -0.39 is 6.10 Å². The monoisotopic (exact) mass is 1020 g/mol. The van der Waals surface area contributed by atoms with Crippen LogP contribution in [0.25, 0.3) is 0 Å². The summed E-state index contributed by atoms with van der Waals surface area (Å²) >= 11 is 0. The van der Waals surface area contributed by atoms with Crippen molar-refractivity contribution in [1.82, 2.24) is 0 Å². The molecule has 6 nitrogen and oxygen atoms in total. The van der Waals surface area contributed by atoms with Gasteiger partial charge in [-0.2, -0.15) is 0 Å². The second kappa shape index (κ2) is 60.6. The van der Waals surface area contributed by atoms with Crippen molar-refractivity contribution in [3.05, 3.63) is 158 Å². The van der Waals surface area contributed by atoms with E-state index in [1.807, 2.05) is 0 Å². The van der Waals surface area contributed by atoms with E-state index >= 15 is 0 Å². The first-order valence-electron chi connectivity index (χ1n) is 29.5. The van der Waals surface area contributed by atoms with Crippen molar-refractivity contribution in [1.29, 1.82) is 0 Å². The minimum absolute atomic E-state index is 0.110. The molecule has 0 aromatic rings. The Morgan fingerprint density at radius 1 is 0.284 bits per heavy atom. The van der Waals surface area contributed by atoms with E-state index in [1.165, 1.54) is 25.7 Å². The molecule has 0 spiro atoms. The average Bonchev–Trinajstić information content (AvgIpc) is 3.40. The van der Waals surface area contributed by atoms with Crippen LogP contribution < -0.4 is 0 Å². The van der Waals surface area contributed by atoms with E-state index in [-0.39, 0.29) is 37.5 Å². The van der Waals surface area contributed by atoms with Crippen LogP contribution in [0.15, 0.2) is 158 Å². The highest BCUT2D eigenvalue weighted by molar-refractivity contribution is 5.71. The minimum Gasteiger partial charge on any atom is -0.462 e. The second-order valence-electron chi connectivity index (χ2n) is 18.8. The molecule has 414 valence electrons. The Morgan fingerprint density at radius 3 is 0.865 bits per heavy atom. The molecule has 0 heterocycles. The molecule has 1 unspecified atom stereocenters. The highest BCUT2D eigenvalue weighted by Crippen LogP contribution is 2.13. The Bertz CT molecular complexity index is 1690. The SMILES string of the molecule is CC/C=C\C/C=C\C/C=C\C/C=C\C/C=C\C/C=C\C/C=C\C/C=C\CCCCCCCCC(=O)OCC(COC(=O)CCCCCCC/C=C\CCC)OC(=O)CCCC/C=C\C/C=C\C/C=C\C/C=C\CC. The predicted octanol–water partition coefficient (Wildman–Crippen LogP) is 20.1. The van der Waals surface area contributed by atoms with Gasteiger partial charge in [0, 0.05) is 19.3 Å². The van der Waals surface area contributed by atoms with Crippen LogP contribution in [-0.2, 0) is 28.6 Å². The molecule has 1 atom stereocenters. The fraction of sp³-hybridized carbons (Fsp3) is 0.574. The van der Waals surface area contributed by atoms with Gasteiger partial charge in [0.25, 0.3) is 0 Å². The smallest absolute Gasteiger partial charge is 0.306 e. The third kappa shape index (κ3) is 57.9. The zero-order chi connectivity index (χ0) is 53.6. The molecule has 0 rings (SSSR count). The van der Waals surface area contributed by atoms with Crippen LogP contribution in [0.1, 0.15) is 233 Å². The third-order valence-electron chi connectivity index (χ3n) is 11.7. The van der Waals surface area contributed by atoms with Gasteiger partial charge in [0.1, 0.15) is 13.2 Å². The fourth-order valence-electron chi connectivity index (χ4n) is 7.39. The molecule has 0 aromatic heterocycles. The highest BCUT2D eigenvalue weighted by atomic mass is 16.6. The topological polar surface area (TPSA) is 78.9 Å². The zero-order valence-electron chi connectivity index (χ0n) is 47.3. The number of esters is 3. The molecule has 0 aliphatic rings. The lowest BCUT2D eigenvalue weighted by atomic mass is 10.1. The molecule has 0 amide bonds. The first kappa shape index (κ1) is 69.0. The summed E-state index contributed by atoms with van der Waals surface area (Å²) in [6, 6.07) is 0. The van der Waals surface area contributed by atoms with Crippen molar-refractivity contribution in [2.24, 2.45) is 0 Å². The average molecular weight is 1020 g/mol. The molecule has 0 saturated heterocycles. The number of allylic oxidation sites excluding steroid dienone is 26. The van der Waals surface area contributed by atoms with Crippen molar-refractivity contribution < 1.29 is 28.6 Å². The number of rotatable bonds is 51. The van der Waals surface area contributed by atoms with Gasteiger partial charge >= 0.3 is 17.9 Å². The van der Waals surface area contributed by atoms with Crippen LogP contribution >= 0.6 is 0 Å². The van der Waals surface area contributed by atoms with Crippen LogP contribution in [0.3, 0.4) is 0 Å². The summed E-state index contributed by atoms with van der Waals surface area (Å²) in [5.41, 5.74) is 0. The van der Waals surface area contributed by atoms with Crippen molar-refractivity contribution in [2.45, 2.75) is 239 Å². The Hall–Kier alpha value is -4.97. The number of hydrogen-bond donors (Lipinski definition) is 0. The number of ether oxygens (including phenoxy) is 3. The first-order valence-corrected chi connectivity index (χ1v) is 29.5. The molecule has 0 aliphatic carbocycles. The highest BCUT2D eigenvalue weighted by Gasteiger charge is 2.19. The van der Waals surface area contributed by atoms with Crippen LogP contribution in [0, 0.1) is 0 Å². The van der Waals surface area contributed by atoms with Gasteiger partial charge in [0.2, 0.25) is 0 Å². The maximum absolute atomic E-state index is 12.8. The lowest BCUT2D eigenvalue weighted by Gasteiger charge is -2.18. The maximum Gasteiger partial charge on any atom is 0.306 e. The quantitative estimate of drug-likeness (QED) is 0.0261. The van der Waals surface area contributed by atoms with Gasteiger partial charge in [-0.3, -0.25) is 14.4 Å². The summed E-state index contributed by atoms with van der Waals surface area (Å²) in [7, 11) is 0. The molecule has 6 heteroatoms. The van der Waals surface area contributed by atoms with E-state index in [1.54, 1.807) is 0 Å². The summed E-state index contributed by atoms with van der Waals surface area (Å²) in [6.07, 6.45) is 88.2. The van der Waals surface area contributed by atoms with Gasteiger partial charge in [0.15, 0.2) is 6.10 Å². The zero-order valence-corrected chi connectivity index (χ0v) is 47.3. The summed E-state index contributed by atoms with van der Waals surface area (Å²) in [5, 5.41) is 0. The Kier molecular flexibility index (Phi) is 56.5. The Balaban J connectivity index is 4.33. The van der Waals surface area contributed by atoms with Crippen molar-refractivity contribution in [2.75, 3.05) is 13.2 Å². The molecular formula is C68H106O6. The van der Waals surface area contributed by atoms with Gasteiger partial charge in [-0.15, -0.1) is 0 Å². The largest absolute Gasteiger partial charge is 0.462 e. The number of carbonyl (C=O) groups excluding carboxylic acids is 3. The van der Waals surface area contributed by atoms with Crippen LogP contribution in [-0.4, -0.2) is 37.2 Å². The van der Waals surface area contributed by atoms with E-state index in [0.717, 1.165) is 161 Å². The lowest BCUT2D eigenvalue weighted by molar-refractivity contribution is -0.167. The van der Waals surface area contributed by atoms with Crippen LogP contribution in [0.5, 0.6) is 0 Å². The molecule has 0 fully saturated rings. The van der Waals surface area contributed by atoms with Gasteiger partial charge in [-0.1, -0.05) is 230 Å². The van der Waals surface area contributed by atoms with Crippen molar-refractivity contribution >= 4 is 17.9 Å². The van der Waals surface area contributed by atoms with Crippen molar-refractivity contribution in [3.8, 4) is 0 Å². The molecule has 0 saturated carbocycles. The summed E-state index contributed by atoms with van der Waals surface area (Å²) < 4.78 is 16.8. The first-order chi connectivity index (χ1) is 36.5. The molecule has 0 N–H and O–H groups in total. The normalized spacial score (nSPS) is 13.3. The molecule has 0 aliphatic heterocycles. The number of unbranched alkanes of at least 4 members (excludes halogenated alkanes) is 14. The van der Waals surface area contributed by atoms with Gasteiger partial charge in [-0.05, 0) is 141 Å². The van der Waals surface area contributed by atoms with E-state index in [4.69, 9.17) is 14.2 Å². The third-order valence-corrected chi connectivity index (χ3v) is 11.7. The summed E-state index contributed by atoms with van der Waals surface area (Å²) in [5.74, 6) is -0.987. The van der Waals surface area contributed by atoms with Crippen molar-refractivity contribution in [3.63, 3.8) is 0 Å². The standard InChI is InChI=1S/C68H106O6/c1-4-7-10-13-16-19-22-24-26-27-28-29-30-31-32-33-34-35-36-37-38-39-40-41-43-44-46-49-52-55-58-61-67(70)73-64-65(63-72-66(69)60-57-54-51-48-21-18-15-12-9-6-3)74-68(71)62-59-56-53-50-47-45-42-25-23-20-17-14-11-8-5-2/h7-8,10-12,15-17,19-20,24-26,28-29,31-32,34-35,37-38,40-42,47,50,65H,4-6,9,13-14,18,21-23,27,30,33,36,39,43-46,48-49,51-64H2,1-3H3/b10-7-,11-8-,15-12-,19-16-,20-17-,26-24-,29-28-,32-31-,35-34-,38-37-,41-40-,42-25-,50-47-. The summed E-state index contributed by atoms with van der Waals surface area (Å²) in [6.45, 7) is 6.27. The molecule has 0 radical (unpaired) electrons. The predicted molar refractivity (Wildman–Crippen MR) is 320 cm³/mol. The molecule has 0 aromatic carbocycles. The van der Waals surface area contributed by atoms with Crippen LogP contribution in [0.4, 0.5) is 0 Å². The molecular weight excluding hydrogens is 913 g/mol. The number of hydrogen-bond acceptors (Lipinski definition) is 6. The van der Waals surface area contributed by atoms with E-state index in [9.17, 15) is 14.4 Å². The lowest BCUT2D eigenvalue weighted by Crippen LogP contribution is -2.30. The Morgan fingerprint density at radius 2 is 0.527 bits per heavy atom. The fourth-order valence-corrected chi connectivity index (χ4v) is 7.39. The molecule has 74 heavy (non-hydrogen) atoms. The minimum atomic E-state index is -0.816. The van der Waals surface area contributed by atoms with Gasteiger partial charge in [-0.25, -0.2) is 0 Å². The Labute approximate surface area is 454 Å². The van der Waals surface area contributed by atoms with E-state index in [2.05, 4.69) is 179 Å². The molecule has 0 bridgehead atoms.